The Bertz CT molecular complexity index is 946. The van der Waals surface area contributed by atoms with Gasteiger partial charge in [-0.2, -0.15) is 10.2 Å². The summed E-state index contributed by atoms with van der Waals surface area (Å²) in [6, 6.07) is 9.33. The molecule has 8 heteroatoms. The number of methoxy groups -OCH3 is 3. The van der Waals surface area contributed by atoms with Crippen LogP contribution in [0.3, 0.4) is 0 Å². The van der Waals surface area contributed by atoms with Crippen molar-refractivity contribution in [3.05, 3.63) is 41.1 Å². The number of benzene rings is 1. The lowest BCUT2D eigenvalue weighted by atomic mass is 10.1. The summed E-state index contributed by atoms with van der Waals surface area (Å²) in [6.07, 6.45) is 1.62. The topological polar surface area (TPSA) is 90.4 Å². The summed E-state index contributed by atoms with van der Waals surface area (Å²) >= 11 is 1.49. The number of hydrogen-bond donors (Lipinski definition) is 0. The number of nitriles is 1. The summed E-state index contributed by atoms with van der Waals surface area (Å²) in [5.74, 6) is 2.04. The Morgan fingerprint density at radius 3 is 2.46 bits per heavy atom. The van der Waals surface area contributed by atoms with Crippen molar-refractivity contribution in [3.63, 3.8) is 0 Å². The van der Waals surface area contributed by atoms with Crippen LogP contribution in [0.4, 0.5) is 0 Å². The molecule has 0 fully saturated rings. The van der Waals surface area contributed by atoms with Gasteiger partial charge in [0.05, 0.1) is 26.2 Å². The number of allylic oxidation sites excluding steroid dienone is 1. The van der Waals surface area contributed by atoms with E-state index in [9.17, 15) is 5.26 Å². The van der Waals surface area contributed by atoms with Crippen LogP contribution in [-0.2, 0) is 0 Å². The van der Waals surface area contributed by atoms with Gasteiger partial charge < -0.3 is 18.7 Å². The Labute approximate surface area is 154 Å². The molecule has 0 saturated heterocycles. The fourth-order valence-corrected chi connectivity index (χ4v) is 2.98. The van der Waals surface area contributed by atoms with E-state index < -0.39 is 0 Å². The lowest BCUT2D eigenvalue weighted by molar-refractivity contribution is 0.324. The summed E-state index contributed by atoms with van der Waals surface area (Å²) in [7, 11) is 4.59. The molecule has 0 bridgehead atoms. The summed E-state index contributed by atoms with van der Waals surface area (Å²) in [5.41, 5.74) is 0.904. The molecule has 7 nitrogen and oxygen atoms in total. The smallest absolute Gasteiger partial charge is 0.268 e. The second kappa shape index (κ2) is 7.72. The molecule has 2 heterocycles. The third-order valence-electron chi connectivity index (χ3n) is 3.52. The van der Waals surface area contributed by atoms with E-state index in [4.69, 9.17) is 18.7 Å². The predicted octanol–water partition coefficient (Wildman–Crippen LogP) is 3.89. The van der Waals surface area contributed by atoms with E-state index in [-0.39, 0.29) is 11.5 Å². The van der Waals surface area contributed by atoms with Crippen LogP contribution in [0.5, 0.6) is 17.2 Å². The van der Waals surface area contributed by atoms with Crippen LogP contribution in [0, 0.1) is 11.3 Å². The molecule has 0 saturated carbocycles. The average Bonchev–Trinajstić information content (AvgIpc) is 3.36. The standard InChI is InChI=1S/C18H15N3O4S/c1-22-13-8-11(9-14(23-2)16(13)24-3)7-12(10-19)18-20-17(21-25-18)15-5-4-6-26-15/h4-9H,1-3H3/b12-7+. The van der Waals surface area contributed by atoms with Gasteiger partial charge in [0.1, 0.15) is 11.6 Å². The molecule has 0 atom stereocenters. The highest BCUT2D eigenvalue weighted by Gasteiger charge is 2.16. The molecule has 0 spiro atoms. The molecule has 0 N–H and O–H groups in total. The lowest BCUT2D eigenvalue weighted by Gasteiger charge is -2.12. The largest absolute Gasteiger partial charge is 0.493 e. The van der Waals surface area contributed by atoms with Crippen molar-refractivity contribution in [2.24, 2.45) is 0 Å². The van der Waals surface area contributed by atoms with Crippen molar-refractivity contribution < 1.29 is 18.7 Å². The summed E-state index contributed by atoms with van der Waals surface area (Å²) < 4.78 is 21.2. The van der Waals surface area contributed by atoms with Gasteiger partial charge in [-0.1, -0.05) is 11.2 Å². The van der Waals surface area contributed by atoms with Crippen LogP contribution in [-0.4, -0.2) is 31.5 Å². The number of ether oxygens (including phenoxy) is 3. The number of rotatable bonds is 6. The summed E-state index contributed by atoms with van der Waals surface area (Å²) in [4.78, 5) is 5.16. The molecule has 0 aliphatic heterocycles. The van der Waals surface area contributed by atoms with Crippen LogP contribution in [0.1, 0.15) is 11.5 Å². The Balaban J connectivity index is 2.01. The average molecular weight is 369 g/mol. The number of thiophene rings is 1. The highest BCUT2D eigenvalue weighted by atomic mass is 32.1. The highest BCUT2D eigenvalue weighted by molar-refractivity contribution is 7.13. The van der Waals surface area contributed by atoms with Gasteiger partial charge in [0.25, 0.3) is 5.89 Å². The molecule has 1 aromatic carbocycles. The zero-order chi connectivity index (χ0) is 18.5. The summed E-state index contributed by atoms with van der Waals surface area (Å²) in [5, 5.41) is 15.3. The van der Waals surface area contributed by atoms with E-state index >= 15 is 0 Å². The first-order valence-corrected chi connectivity index (χ1v) is 8.38. The van der Waals surface area contributed by atoms with Crippen LogP contribution in [0.15, 0.2) is 34.2 Å². The molecule has 3 rings (SSSR count). The third-order valence-corrected chi connectivity index (χ3v) is 4.38. The van der Waals surface area contributed by atoms with Gasteiger partial charge in [-0.05, 0) is 35.2 Å². The minimum atomic E-state index is 0.143. The van der Waals surface area contributed by atoms with E-state index in [2.05, 4.69) is 16.2 Å². The van der Waals surface area contributed by atoms with Gasteiger partial charge in [0.2, 0.25) is 11.6 Å². The fourth-order valence-electron chi connectivity index (χ4n) is 2.33. The first kappa shape index (κ1) is 17.5. The second-order valence-corrected chi connectivity index (χ2v) is 5.98. The minimum Gasteiger partial charge on any atom is -0.493 e. The number of nitrogens with zero attached hydrogens (tertiary/aromatic N) is 3. The van der Waals surface area contributed by atoms with Gasteiger partial charge in [0, 0.05) is 0 Å². The van der Waals surface area contributed by atoms with E-state index in [0.717, 1.165) is 4.88 Å². The Morgan fingerprint density at radius 2 is 1.92 bits per heavy atom. The van der Waals surface area contributed by atoms with Gasteiger partial charge in [0.15, 0.2) is 11.5 Å². The monoisotopic (exact) mass is 369 g/mol. The SMILES string of the molecule is COc1cc(/C=C(\C#N)c2nc(-c3cccs3)no2)cc(OC)c1OC. The number of aromatic nitrogens is 2. The van der Waals surface area contributed by atoms with Crippen LogP contribution >= 0.6 is 11.3 Å². The van der Waals surface area contributed by atoms with Crippen LogP contribution in [0.2, 0.25) is 0 Å². The van der Waals surface area contributed by atoms with E-state index in [1.54, 1.807) is 18.2 Å². The van der Waals surface area contributed by atoms with Crippen molar-refractivity contribution in [1.82, 2.24) is 10.1 Å². The maximum atomic E-state index is 9.50. The molecule has 0 unspecified atom stereocenters. The van der Waals surface area contributed by atoms with Crippen LogP contribution in [0.25, 0.3) is 22.4 Å². The molecule has 2 aromatic heterocycles. The first-order chi connectivity index (χ1) is 12.7. The van der Waals surface area contributed by atoms with Crippen molar-refractivity contribution in [2.45, 2.75) is 0 Å². The molecule has 26 heavy (non-hydrogen) atoms. The quantitative estimate of drug-likeness (QED) is 0.609. The van der Waals surface area contributed by atoms with E-state index in [1.165, 1.54) is 32.7 Å². The van der Waals surface area contributed by atoms with Crippen molar-refractivity contribution >= 4 is 23.0 Å². The predicted molar refractivity (Wildman–Crippen MR) is 97.2 cm³/mol. The van der Waals surface area contributed by atoms with Crippen LogP contribution < -0.4 is 14.2 Å². The number of hydrogen-bond acceptors (Lipinski definition) is 8. The maximum absolute atomic E-state index is 9.50. The Hall–Kier alpha value is -3.31. The Morgan fingerprint density at radius 1 is 1.19 bits per heavy atom. The molecule has 0 aliphatic carbocycles. The minimum absolute atomic E-state index is 0.143. The molecule has 0 amide bonds. The Kier molecular flexibility index (Phi) is 5.20. The third kappa shape index (κ3) is 3.38. The molecule has 3 aromatic rings. The van der Waals surface area contributed by atoms with E-state index in [0.29, 0.717) is 28.6 Å². The zero-order valence-corrected chi connectivity index (χ0v) is 15.2. The first-order valence-electron chi connectivity index (χ1n) is 7.50. The molecule has 132 valence electrons. The second-order valence-electron chi connectivity index (χ2n) is 5.03. The van der Waals surface area contributed by atoms with Gasteiger partial charge in [-0.15, -0.1) is 11.3 Å². The zero-order valence-electron chi connectivity index (χ0n) is 14.3. The van der Waals surface area contributed by atoms with Gasteiger partial charge in [-0.3, -0.25) is 0 Å². The van der Waals surface area contributed by atoms with E-state index in [1.807, 2.05) is 17.5 Å². The lowest BCUT2D eigenvalue weighted by Crippen LogP contribution is -1.95. The van der Waals surface area contributed by atoms with Gasteiger partial charge >= 0.3 is 0 Å². The van der Waals surface area contributed by atoms with Crippen molar-refractivity contribution in [2.75, 3.05) is 21.3 Å². The maximum Gasteiger partial charge on any atom is 0.268 e. The normalized spacial score (nSPS) is 11.1. The molecular formula is C18H15N3O4S. The highest BCUT2D eigenvalue weighted by Crippen LogP contribution is 2.39. The van der Waals surface area contributed by atoms with Crippen molar-refractivity contribution in [3.8, 4) is 34.0 Å². The molecular weight excluding hydrogens is 354 g/mol. The van der Waals surface area contributed by atoms with Gasteiger partial charge in [-0.25, -0.2) is 0 Å². The van der Waals surface area contributed by atoms with Crippen molar-refractivity contribution in [1.29, 1.82) is 5.26 Å². The molecule has 0 aliphatic rings. The fraction of sp³-hybridized carbons (Fsp3) is 0.167. The molecule has 0 radical (unpaired) electrons. The summed E-state index contributed by atoms with van der Waals surface area (Å²) in [6.45, 7) is 0.